The number of ether oxygens (including phenoxy) is 3. The quantitative estimate of drug-likeness (QED) is 0.259. The molecule has 0 fully saturated rings. The van der Waals surface area contributed by atoms with Crippen molar-refractivity contribution >= 4 is 23.1 Å². The minimum absolute atomic E-state index is 0.0701. The highest BCUT2D eigenvalue weighted by molar-refractivity contribution is 5.88. The molecule has 1 aromatic carbocycles. The summed E-state index contributed by atoms with van der Waals surface area (Å²) in [7, 11) is 0. The van der Waals surface area contributed by atoms with Crippen LogP contribution < -0.4 is 10.3 Å². The number of alkyl halides is 3. The van der Waals surface area contributed by atoms with Gasteiger partial charge in [-0.1, -0.05) is 12.1 Å². The summed E-state index contributed by atoms with van der Waals surface area (Å²) in [5.74, 6) is -2.40. The zero-order chi connectivity index (χ0) is 26.6. The van der Waals surface area contributed by atoms with Crippen LogP contribution in [0.5, 0.6) is 5.75 Å². The molecule has 0 amide bonds. The molecule has 0 bridgehead atoms. The summed E-state index contributed by atoms with van der Waals surface area (Å²) >= 11 is 0. The third-order valence-corrected chi connectivity index (χ3v) is 4.87. The van der Waals surface area contributed by atoms with Crippen molar-refractivity contribution < 1.29 is 37.0 Å². The Labute approximate surface area is 205 Å². The van der Waals surface area contributed by atoms with E-state index < -0.39 is 30.3 Å². The van der Waals surface area contributed by atoms with Crippen LogP contribution >= 0.6 is 0 Å². The van der Waals surface area contributed by atoms with Crippen molar-refractivity contribution in [2.24, 2.45) is 0 Å². The lowest BCUT2D eigenvalue weighted by molar-refractivity contribution is -0.200. The van der Waals surface area contributed by atoms with Crippen molar-refractivity contribution in [3.8, 4) is 11.7 Å². The maximum atomic E-state index is 12.8. The average molecular weight is 520 g/mol. The molecule has 0 aliphatic carbocycles. The first kappa shape index (κ1) is 25.4. The fraction of sp³-hybridized carbons (Fsp3) is 0.273. The molecular formula is C22H19F3N6O6. The number of rotatable bonds is 9. The van der Waals surface area contributed by atoms with E-state index >= 15 is 0 Å². The molecule has 1 N–H and O–H groups in total. The average Bonchev–Trinajstić information content (AvgIpc) is 3.50. The van der Waals surface area contributed by atoms with E-state index in [1.165, 1.54) is 23.4 Å². The third kappa shape index (κ3) is 5.94. The standard InChI is InChI=1S/C22H19F3N6O6/c1-2-35-19(33)14-9-27-31(11-14)21-28-17-16(18(32)29-21)30(12-26-17)10-13-3-5-15(6-4-13)36-7-8-37-20(34)22(23,24)25/h3-6,9,11-12H,2,7-8,10H2,1H3,(H,28,29,32). The summed E-state index contributed by atoms with van der Waals surface area (Å²) in [5, 5.41) is 4.03. The van der Waals surface area contributed by atoms with Gasteiger partial charge in [-0.15, -0.1) is 0 Å². The van der Waals surface area contributed by atoms with Gasteiger partial charge in [0.25, 0.3) is 5.56 Å². The van der Waals surface area contributed by atoms with E-state index in [0.29, 0.717) is 5.75 Å². The van der Waals surface area contributed by atoms with Crippen LogP contribution in [0.1, 0.15) is 22.8 Å². The van der Waals surface area contributed by atoms with Crippen LogP contribution in [0.3, 0.4) is 0 Å². The van der Waals surface area contributed by atoms with Gasteiger partial charge in [0.05, 0.1) is 24.7 Å². The number of esters is 2. The Morgan fingerprint density at radius 3 is 2.57 bits per heavy atom. The number of halogens is 3. The lowest BCUT2D eigenvalue weighted by atomic mass is 10.2. The first-order valence-electron chi connectivity index (χ1n) is 10.8. The van der Waals surface area contributed by atoms with Gasteiger partial charge < -0.3 is 18.8 Å². The highest BCUT2D eigenvalue weighted by Gasteiger charge is 2.40. The van der Waals surface area contributed by atoms with Gasteiger partial charge in [-0.3, -0.25) is 9.78 Å². The maximum Gasteiger partial charge on any atom is 0.490 e. The van der Waals surface area contributed by atoms with Crippen LogP contribution in [0.25, 0.3) is 17.1 Å². The Hall–Kier alpha value is -4.69. The molecule has 0 radical (unpaired) electrons. The Bertz CT molecular complexity index is 1470. The molecule has 12 nitrogen and oxygen atoms in total. The molecule has 3 heterocycles. The SMILES string of the molecule is CCOC(=O)c1cnn(-c2nc3ncn(Cc4ccc(OCCOC(=O)C(F)(F)F)cc4)c3c(=O)[nH]2)c1. The normalized spacial score (nSPS) is 11.5. The monoisotopic (exact) mass is 520 g/mol. The number of aromatic amines is 1. The Kier molecular flexibility index (Phi) is 7.22. The second-order valence-electron chi connectivity index (χ2n) is 7.45. The molecule has 0 aliphatic heterocycles. The lowest BCUT2D eigenvalue weighted by Crippen LogP contribution is -2.27. The number of carbonyl (C=O) groups is 2. The van der Waals surface area contributed by atoms with E-state index in [-0.39, 0.29) is 42.4 Å². The molecule has 4 rings (SSSR count). The number of nitrogens with one attached hydrogen (secondary N) is 1. The molecule has 0 saturated heterocycles. The smallest absolute Gasteiger partial charge is 0.490 e. The van der Waals surface area contributed by atoms with Gasteiger partial charge >= 0.3 is 18.1 Å². The number of fused-ring (bicyclic) bond motifs is 1. The van der Waals surface area contributed by atoms with Crippen LogP contribution in [0, 0.1) is 0 Å². The number of benzene rings is 1. The summed E-state index contributed by atoms with van der Waals surface area (Å²) in [4.78, 5) is 46.4. The summed E-state index contributed by atoms with van der Waals surface area (Å²) in [6, 6.07) is 6.55. The van der Waals surface area contributed by atoms with Gasteiger partial charge in [0, 0.05) is 12.7 Å². The van der Waals surface area contributed by atoms with Gasteiger partial charge in [-0.2, -0.15) is 23.3 Å². The number of carbonyl (C=O) groups excluding carboxylic acids is 2. The molecule has 4 aromatic rings. The van der Waals surface area contributed by atoms with E-state index in [2.05, 4.69) is 24.8 Å². The molecule has 0 saturated carbocycles. The highest BCUT2D eigenvalue weighted by atomic mass is 19.4. The van der Waals surface area contributed by atoms with Crippen molar-refractivity contribution in [2.45, 2.75) is 19.6 Å². The number of hydrogen-bond acceptors (Lipinski definition) is 9. The van der Waals surface area contributed by atoms with Crippen LogP contribution in [-0.2, 0) is 20.8 Å². The fourth-order valence-electron chi connectivity index (χ4n) is 3.22. The number of aromatic nitrogens is 6. The summed E-state index contributed by atoms with van der Waals surface area (Å²) in [6.45, 7) is 1.34. The first-order chi connectivity index (χ1) is 17.7. The lowest BCUT2D eigenvalue weighted by Gasteiger charge is -2.09. The number of imidazole rings is 1. The molecule has 0 unspecified atom stereocenters. The predicted octanol–water partition coefficient (Wildman–Crippen LogP) is 2.01. The van der Waals surface area contributed by atoms with Crippen LogP contribution in [0.4, 0.5) is 13.2 Å². The second kappa shape index (κ2) is 10.5. The molecule has 194 valence electrons. The van der Waals surface area contributed by atoms with Gasteiger partial charge in [-0.25, -0.2) is 19.3 Å². The van der Waals surface area contributed by atoms with E-state index in [1.807, 2.05) is 0 Å². The second-order valence-corrected chi connectivity index (χ2v) is 7.45. The van der Waals surface area contributed by atoms with Gasteiger partial charge in [0.2, 0.25) is 5.95 Å². The summed E-state index contributed by atoms with van der Waals surface area (Å²) < 4.78 is 53.4. The number of nitrogens with zero attached hydrogens (tertiary/aromatic N) is 5. The predicted molar refractivity (Wildman–Crippen MR) is 119 cm³/mol. The van der Waals surface area contributed by atoms with E-state index in [4.69, 9.17) is 9.47 Å². The molecule has 0 aliphatic rings. The maximum absolute atomic E-state index is 12.8. The van der Waals surface area contributed by atoms with Crippen molar-refractivity contribution in [1.29, 1.82) is 0 Å². The zero-order valence-corrected chi connectivity index (χ0v) is 19.2. The molecule has 37 heavy (non-hydrogen) atoms. The third-order valence-electron chi connectivity index (χ3n) is 4.87. The van der Waals surface area contributed by atoms with E-state index in [1.54, 1.807) is 35.8 Å². The van der Waals surface area contributed by atoms with Gasteiger partial charge in [0.1, 0.15) is 19.0 Å². The summed E-state index contributed by atoms with van der Waals surface area (Å²) in [5.41, 5.74) is 0.877. The van der Waals surface area contributed by atoms with Crippen LogP contribution in [0.15, 0.2) is 47.8 Å². The van der Waals surface area contributed by atoms with Gasteiger partial charge in [-0.05, 0) is 24.6 Å². The Morgan fingerprint density at radius 1 is 1.11 bits per heavy atom. The van der Waals surface area contributed by atoms with Gasteiger partial charge in [0.15, 0.2) is 11.2 Å². The Morgan fingerprint density at radius 2 is 1.86 bits per heavy atom. The summed E-state index contributed by atoms with van der Waals surface area (Å²) in [6.07, 6.45) is -0.930. The molecular weight excluding hydrogens is 501 g/mol. The van der Waals surface area contributed by atoms with Crippen LogP contribution in [-0.4, -0.2) is 67.2 Å². The molecule has 0 spiro atoms. The highest BCUT2D eigenvalue weighted by Crippen LogP contribution is 2.17. The Balaban J connectivity index is 1.41. The van der Waals surface area contributed by atoms with Crippen molar-refractivity contribution in [3.05, 3.63) is 64.5 Å². The fourth-order valence-corrected chi connectivity index (χ4v) is 3.22. The van der Waals surface area contributed by atoms with Crippen molar-refractivity contribution in [3.63, 3.8) is 0 Å². The topological polar surface area (TPSA) is 143 Å². The molecule has 3 aromatic heterocycles. The molecule has 0 atom stereocenters. The number of H-pyrrole nitrogens is 1. The van der Waals surface area contributed by atoms with Crippen molar-refractivity contribution in [1.82, 2.24) is 29.3 Å². The minimum atomic E-state index is -5.05. The van der Waals surface area contributed by atoms with E-state index in [9.17, 15) is 27.6 Å². The number of hydrogen-bond donors (Lipinski definition) is 1. The molecule has 15 heteroatoms. The first-order valence-corrected chi connectivity index (χ1v) is 10.8. The van der Waals surface area contributed by atoms with E-state index in [0.717, 1.165) is 5.56 Å². The van der Waals surface area contributed by atoms with Crippen molar-refractivity contribution in [2.75, 3.05) is 19.8 Å². The van der Waals surface area contributed by atoms with Crippen LogP contribution in [0.2, 0.25) is 0 Å². The minimum Gasteiger partial charge on any atom is -0.490 e. The largest absolute Gasteiger partial charge is 0.490 e. The zero-order valence-electron chi connectivity index (χ0n) is 19.2.